The Labute approximate surface area is 86.7 Å². The number of likely N-dealkylation sites (tertiary alicyclic amines) is 2. The number of rotatable bonds is 3. The Balaban J connectivity index is 1.83. The van der Waals surface area contributed by atoms with Crippen molar-refractivity contribution in [1.82, 2.24) is 9.80 Å². The fourth-order valence-corrected chi connectivity index (χ4v) is 2.82. The average Bonchev–Trinajstić information content (AvgIpc) is 2.77. The molecule has 0 radical (unpaired) electrons. The average molecular weight is 198 g/mol. The lowest BCUT2D eigenvalue weighted by Crippen LogP contribution is -2.42. The summed E-state index contributed by atoms with van der Waals surface area (Å²) in [6.07, 6.45) is 5.14. The number of nitrogens with zero attached hydrogens (tertiary/aromatic N) is 2. The van der Waals surface area contributed by atoms with Crippen molar-refractivity contribution in [2.45, 2.75) is 37.8 Å². The van der Waals surface area contributed by atoms with E-state index in [1.165, 1.54) is 45.3 Å². The highest BCUT2D eigenvalue weighted by molar-refractivity contribution is 4.85. The van der Waals surface area contributed by atoms with Crippen molar-refractivity contribution >= 4 is 0 Å². The van der Waals surface area contributed by atoms with Gasteiger partial charge in [-0.15, -0.1) is 0 Å². The predicted molar refractivity (Wildman–Crippen MR) is 57.3 cm³/mol. The van der Waals surface area contributed by atoms with Crippen LogP contribution < -0.4 is 0 Å². The van der Waals surface area contributed by atoms with Crippen LogP contribution in [0.3, 0.4) is 0 Å². The van der Waals surface area contributed by atoms with Crippen LogP contribution in [0.2, 0.25) is 0 Å². The molecule has 2 unspecified atom stereocenters. The van der Waals surface area contributed by atoms with E-state index in [2.05, 4.69) is 16.8 Å². The molecule has 2 heterocycles. The lowest BCUT2D eigenvalue weighted by Gasteiger charge is -2.29. The van der Waals surface area contributed by atoms with Gasteiger partial charge >= 0.3 is 0 Å². The van der Waals surface area contributed by atoms with E-state index in [9.17, 15) is 5.11 Å². The maximum absolute atomic E-state index is 9.22. The Bertz CT molecular complexity index is 186. The van der Waals surface area contributed by atoms with Crippen molar-refractivity contribution in [3.63, 3.8) is 0 Å². The first kappa shape index (κ1) is 10.4. The van der Waals surface area contributed by atoms with E-state index in [0.29, 0.717) is 12.6 Å². The number of aliphatic hydroxyl groups is 1. The second-order valence-corrected chi connectivity index (χ2v) is 4.75. The van der Waals surface area contributed by atoms with Crippen molar-refractivity contribution in [3.8, 4) is 0 Å². The zero-order chi connectivity index (χ0) is 9.97. The summed E-state index contributed by atoms with van der Waals surface area (Å²) in [4.78, 5) is 4.94. The minimum atomic E-state index is 0.344. The fraction of sp³-hybridized carbons (Fsp3) is 1.00. The number of hydrogen-bond donors (Lipinski definition) is 1. The van der Waals surface area contributed by atoms with Crippen LogP contribution in [0.4, 0.5) is 0 Å². The molecule has 82 valence electrons. The summed E-state index contributed by atoms with van der Waals surface area (Å²) in [7, 11) is 2.22. The van der Waals surface area contributed by atoms with Crippen LogP contribution >= 0.6 is 0 Å². The van der Waals surface area contributed by atoms with Gasteiger partial charge in [0.05, 0.1) is 6.61 Å². The van der Waals surface area contributed by atoms with Gasteiger partial charge in [0.2, 0.25) is 0 Å². The van der Waals surface area contributed by atoms with Gasteiger partial charge in [-0.1, -0.05) is 0 Å². The predicted octanol–water partition coefficient (Wildman–Crippen LogP) is 0.537. The van der Waals surface area contributed by atoms with Crippen LogP contribution in [0.25, 0.3) is 0 Å². The fourth-order valence-electron chi connectivity index (χ4n) is 2.82. The van der Waals surface area contributed by atoms with Crippen LogP contribution in [0.15, 0.2) is 0 Å². The number of hydrogen-bond acceptors (Lipinski definition) is 3. The molecule has 3 heteroatoms. The molecule has 2 atom stereocenters. The highest BCUT2D eigenvalue weighted by Gasteiger charge is 2.29. The van der Waals surface area contributed by atoms with E-state index in [1.54, 1.807) is 0 Å². The molecular formula is C11H22N2O. The van der Waals surface area contributed by atoms with Crippen molar-refractivity contribution in [3.05, 3.63) is 0 Å². The van der Waals surface area contributed by atoms with Gasteiger partial charge < -0.3 is 10.0 Å². The van der Waals surface area contributed by atoms with Crippen LogP contribution in [-0.2, 0) is 0 Å². The van der Waals surface area contributed by atoms with Crippen LogP contribution in [0.1, 0.15) is 25.7 Å². The molecule has 0 aromatic carbocycles. The van der Waals surface area contributed by atoms with E-state index >= 15 is 0 Å². The molecule has 0 amide bonds. The third-order valence-corrected chi connectivity index (χ3v) is 3.83. The molecule has 2 saturated heterocycles. The van der Waals surface area contributed by atoms with Crippen molar-refractivity contribution < 1.29 is 5.11 Å². The molecule has 2 aliphatic heterocycles. The van der Waals surface area contributed by atoms with Crippen molar-refractivity contribution in [2.24, 2.45) is 0 Å². The monoisotopic (exact) mass is 198 g/mol. The van der Waals surface area contributed by atoms with Gasteiger partial charge in [-0.3, -0.25) is 4.90 Å². The smallest absolute Gasteiger partial charge is 0.0586 e. The van der Waals surface area contributed by atoms with Gasteiger partial charge in [-0.2, -0.15) is 0 Å². The van der Waals surface area contributed by atoms with Gasteiger partial charge in [-0.25, -0.2) is 0 Å². The standard InChI is InChI=1S/C11H22N2O/c1-12-6-2-4-10(12)8-13-7-3-5-11(13)9-14/h10-11,14H,2-9H2,1H3. The van der Waals surface area contributed by atoms with Gasteiger partial charge in [0.25, 0.3) is 0 Å². The Kier molecular flexibility index (Phi) is 3.42. The molecule has 0 spiro atoms. The second-order valence-electron chi connectivity index (χ2n) is 4.75. The third-order valence-electron chi connectivity index (χ3n) is 3.83. The maximum Gasteiger partial charge on any atom is 0.0586 e. The minimum absolute atomic E-state index is 0.344. The second kappa shape index (κ2) is 4.60. The molecule has 14 heavy (non-hydrogen) atoms. The Morgan fingerprint density at radius 1 is 1.14 bits per heavy atom. The van der Waals surface area contributed by atoms with E-state index < -0.39 is 0 Å². The van der Waals surface area contributed by atoms with Crippen molar-refractivity contribution in [2.75, 3.05) is 33.3 Å². The summed E-state index contributed by atoms with van der Waals surface area (Å²) in [6, 6.07) is 1.19. The largest absolute Gasteiger partial charge is 0.395 e. The summed E-state index contributed by atoms with van der Waals surface area (Å²) >= 11 is 0. The zero-order valence-corrected chi connectivity index (χ0v) is 9.15. The molecule has 1 N–H and O–H groups in total. The van der Waals surface area contributed by atoms with Crippen LogP contribution in [-0.4, -0.2) is 60.3 Å². The van der Waals surface area contributed by atoms with Gasteiger partial charge in [0, 0.05) is 18.6 Å². The summed E-state index contributed by atoms with van der Waals surface area (Å²) in [5.41, 5.74) is 0. The molecule has 2 fully saturated rings. The SMILES string of the molecule is CN1CCCC1CN1CCCC1CO. The van der Waals surface area contributed by atoms with Crippen LogP contribution in [0.5, 0.6) is 0 Å². The van der Waals surface area contributed by atoms with Gasteiger partial charge in [0.15, 0.2) is 0 Å². The summed E-state index contributed by atoms with van der Waals surface area (Å²) in [5, 5.41) is 9.22. The van der Waals surface area contributed by atoms with E-state index in [4.69, 9.17) is 0 Å². The Morgan fingerprint density at radius 2 is 1.86 bits per heavy atom. The number of aliphatic hydroxyl groups excluding tert-OH is 1. The first-order valence-electron chi connectivity index (χ1n) is 5.86. The molecule has 0 bridgehead atoms. The Morgan fingerprint density at radius 3 is 2.50 bits per heavy atom. The lowest BCUT2D eigenvalue weighted by molar-refractivity contribution is 0.130. The molecule has 3 nitrogen and oxygen atoms in total. The molecule has 0 saturated carbocycles. The quantitative estimate of drug-likeness (QED) is 0.717. The Hall–Kier alpha value is -0.120. The van der Waals surface area contributed by atoms with Gasteiger partial charge in [0.1, 0.15) is 0 Å². The molecule has 0 aliphatic carbocycles. The molecule has 0 aromatic heterocycles. The van der Waals surface area contributed by atoms with Gasteiger partial charge in [-0.05, 0) is 45.8 Å². The number of likely N-dealkylation sites (N-methyl/N-ethyl adjacent to an activating group) is 1. The van der Waals surface area contributed by atoms with Crippen molar-refractivity contribution in [1.29, 1.82) is 0 Å². The minimum Gasteiger partial charge on any atom is -0.395 e. The maximum atomic E-state index is 9.22. The summed E-state index contributed by atoms with van der Waals surface area (Å²) in [5.74, 6) is 0. The van der Waals surface area contributed by atoms with E-state index in [1.807, 2.05) is 0 Å². The molecule has 2 aliphatic rings. The summed E-state index contributed by atoms with van der Waals surface area (Å²) in [6.45, 7) is 3.95. The first-order valence-corrected chi connectivity index (χ1v) is 5.86. The normalized spacial score (nSPS) is 35.6. The molecule has 0 aromatic rings. The highest BCUT2D eigenvalue weighted by Crippen LogP contribution is 2.21. The molecule has 2 rings (SSSR count). The first-order chi connectivity index (χ1) is 6.81. The van der Waals surface area contributed by atoms with E-state index in [-0.39, 0.29) is 0 Å². The highest BCUT2D eigenvalue weighted by atomic mass is 16.3. The lowest BCUT2D eigenvalue weighted by atomic mass is 10.2. The zero-order valence-electron chi connectivity index (χ0n) is 9.15. The summed E-state index contributed by atoms with van der Waals surface area (Å²) < 4.78 is 0. The van der Waals surface area contributed by atoms with E-state index in [0.717, 1.165) is 6.04 Å². The van der Waals surface area contributed by atoms with Crippen LogP contribution in [0, 0.1) is 0 Å². The topological polar surface area (TPSA) is 26.7 Å². The molecular weight excluding hydrogens is 176 g/mol. The third kappa shape index (κ3) is 2.10.